The number of Topliss-reactive ketones (excluding diaryl/α,β-unsaturated/α-hetero) is 2. The van der Waals surface area contributed by atoms with E-state index in [1.165, 1.54) is 66.0 Å². The second-order valence-corrected chi connectivity index (χ2v) is 12.1. The second kappa shape index (κ2) is 9.16. The van der Waals surface area contributed by atoms with Gasteiger partial charge < -0.3 is 9.80 Å². The molecule has 0 atom stereocenters. The van der Waals surface area contributed by atoms with E-state index in [9.17, 15) is 9.59 Å². The number of nitrogens with zero attached hydrogens (tertiary/aromatic N) is 2. The number of hydrogen-bond donors (Lipinski definition) is 0. The molecule has 1 aliphatic carbocycles. The fourth-order valence-corrected chi connectivity index (χ4v) is 5.69. The zero-order valence-corrected chi connectivity index (χ0v) is 24.9. The Morgan fingerprint density at radius 2 is 1.54 bits per heavy atom. The molecule has 3 aliphatic rings. The summed E-state index contributed by atoms with van der Waals surface area (Å²) in [5.41, 5.74) is 9.95. The molecule has 2 heterocycles. The summed E-state index contributed by atoms with van der Waals surface area (Å²) in [6.45, 7) is 19.4. The molecule has 0 saturated carbocycles. The minimum Gasteiger partial charge on any atom is -0.504 e. The summed E-state index contributed by atoms with van der Waals surface area (Å²) in [6.07, 6.45) is 2.54. The van der Waals surface area contributed by atoms with Gasteiger partial charge in [-0.05, 0) is 49.8 Å². The van der Waals surface area contributed by atoms with Gasteiger partial charge >= 0.3 is 0 Å². The van der Waals surface area contributed by atoms with E-state index < -0.39 is 0 Å². The average molecular weight is 651 g/mol. The summed E-state index contributed by atoms with van der Waals surface area (Å²) >= 11 is 0. The Kier molecular flexibility index (Phi) is 7.23. The average Bonchev–Trinajstić information content (AvgIpc) is 3.06. The molecule has 5 rings (SSSR count). The summed E-state index contributed by atoms with van der Waals surface area (Å²) in [5, 5.41) is 0. The molecule has 0 aromatic heterocycles. The van der Waals surface area contributed by atoms with E-state index in [-0.39, 0.29) is 54.3 Å². The molecule has 0 fully saturated rings. The molecule has 1 radical (unpaired) electrons. The molecule has 191 valence electrons. The number of fused-ring (bicyclic) bond motifs is 3. The van der Waals surface area contributed by atoms with Gasteiger partial charge in [-0.3, -0.25) is 9.59 Å². The van der Waals surface area contributed by atoms with E-state index in [1.807, 2.05) is 0 Å². The Bertz CT molecular complexity index is 1170. The van der Waals surface area contributed by atoms with Crippen LogP contribution >= 0.6 is 0 Å². The maximum atomic E-state index is 10.0. The predicted octanol–water partition coefficient (Wildman–Crippen LogP) is 6.73. The Balaban J connectivity index is 0.000000378. The molecule has 0 N–H and O–H groups in total. The maximum absolute atomic E-state index is 10.0. The molecule has 0 bridgehead atoms. The molecule has 0 unspecified atom stereocenters. The van der Waals surface area contributed by atoms with Gasteiger partial charge in [0.05, 0.1) is 6.42 Å². The van der Waals surface area contributed by atoms with Crippen molar-refractivity contribution < 1.29 is 29.7 Å². The Morgan fingerprint density at radius 1 is 0.943 bits per heavy atom. The number of carbonyl (C=O) groups is 2. The topological polar surface area (TPSA) is 40.6 Å². The van der Waals surface area contributed by atoms with Gasteiger partial charge in [-0.25, -0.2) is 0 Å². The Hall–Kier alpha value is -1.97. The minimum atomic E-state index is -0.0625. The van der Waals surface area contributed by atoms with Crippen LogP contribution in [0.25, 0.3) is 0 Å². The van der Waals surface area contributed by atoms with Crippen molar-refractivity contribution in [3.8, 4) is 0 Å². The minimum absolute atomic E-state index is 0. The van der Waals surface area contributed by atoms with Crippen LogP contribution in [0.5, 0.6) is 0 Å². The SMILES string of the molecule is CC(=O)CC(C)=O.CN1[CH-]N2c3[c-]c4c(cc3C(C)(C)c3cccc1c32)C(C)(C)CCC4(C)C.[Ir]. The molecule has 2 aromatic carbocycles. The number of para-hydroxylation sites is 1. The standard InChI is InChI=1S/C25H30N2.C5H8O2.Ir/c1-23(2)11-12-24(3,4)18-14-21-19(13-17(18)23)25(5,6)16-9-8-10-20-22(16)27(21)15-26(20)7;1-4(6)3-5(2)7;/h8-10,13,15H,11-12H2,1-7H3;3H2,1-2H3;/q-2;;. The summed E-state index contributed by atoms with van der Waals surface area (Å²) in [5.74, 6) is -0.125. The molecule has 4 nitrogen and oxygen atoms in total. The molecule has 5 heteroatoms. The number of rotatable bonds is 2. The van der Waals surface area contributed by atoms with Gasteiger partial charge in [0.2, 0.25) is 0 Å². The molecule has 35 heavy (non-hydrogen) atoms. The molecule has 2 aromatic rings. The van der Waals surface area contributed by atoms with Crippen molar-refractivity contribution in [1.29, 1.82) is 0 Å². The fourth-order valence-electron chi connectivity index (χ4n) is 5.69. The van der Waals surface area contributed by atoms with Crippen molar-refractivity contribution in [3.05, 3.63) is 59.3 Å². The first-order chi connectivity index (χ1) is 15.7. The first-order valence-corrected chi connectivity index (χ1v) is 12.3. The number of benzene rings is 2. The normalized spacial score (nSPS) is 19.3. The van der Waals surface area contributed by atoms with Crippen LogP contribution in [0, 0.1) is 12.7 Å². The summed E-state index contributed by atoms with van der Waals surface area (Å²) in [4.78, 5) is 24.7. The van der Waals surface area contributed by atoms with Crippen LogP contribution in [0.15, 0.2) is 24.3 Å². The largest absolute Gasteiger partial charge is 0.504 e. The van der Waals surface area contributed by atoms with Gasteiger partial charge in [0.25, 0.3) is 0 Å². The number of carbonyl (C=O) groups excluding carboxylic acids is 2. The second-order valence-electron chi connectivity index (χ2n) is 12.1. The smallest absolute Gasteiger partial charge is 0.137 e. The van der Waals surface area contributed by atoms with E-state index in [0.717, 1.165) is 0 Å². The third kappa shape index (κ3) is 4.62. The number of hydrogen-bond acceptors (Lipinski definition) is 4. The molecule has 2 aliphatic heterocycles. The van der Waals surface area contributed by atoms with Gasteiger partial charge in [0.15, 0.2) is 0 Å². The fraction of sp³-hybridized carbons (Fsp3) is 0.500. The number of ketones is 2. The molecule has 0 amide bonds. The first-order valence-electron chi connectivity index (χ1n) is 12.3. The zero-order valence-electron chi connectivity index (χ0n) is 22.6. The third-order valence-corrected chi connectivity index (χ3v) is 7.85. The van der Waals surface area contributed by atoms with Crippen molar-refractivity contribution >= 4 is 28.6 Å². The van der Waals surface area contributed by atoms with Crippen molar-refractivity contribution in [2.75, 3.05) is 16.8 Å². The van der Waals surface area contributed by atoms with Gasteiger partial charge in [-0.15, -0.1) is 11.1 Å². The van der Waals surface area contributed by atoms with Crippen molar-refractivity contribution in [2.24, 2.45) is 0 Å². The predicted molar refractivity (Wildman–Crippen MR) is 140 cm³/mol. The summed E-state index contributed by atoms with van der Waals surface area (Å²) in [7, 11) is 2.14. The van der Waals surface area contributed by atoms with E-state index >= 15 is 0 Å². The van der Waals surface area contributed by atoms with Crippen LogP contribution in [0.1, 0.15) is 96.9 Å². The summed E-state index contributed by atoms with van der Waals surface area (Å²) < 4.78 is 0. The molecule has 0 spiro atoms. The molecule has 0 saturated heterocycles. The monoisotopic (exact) mass is 651 g/mol. The zero-order chi connectivity index (χ0) is 25.2. The van der Waals surface area contributed by atoms with E-state index in [2.05, 4.69) is 95.4 Å². The summed E-state index contributed by atoms with van der Waals surface area (Å²) in [6, 6.07) is 13.2. The Labute approximate surface area is 224 Å². The van der Waals surface area contributed by atoms with Gasteiger partial charge in [0.1, 0.15) is 11.6 Å². The van der Waals surface area contributed by atoms with Crippen LogP contribution in [0.2, 0.25) is 0 Å². The van der Waals surface area contributed by atoms with Crippen LogP contribution in [0.4, 0.5) is 17.1 Å². The molecular weight excluding hydrogens is 613 g/mol. The van der Waals surface area contributed by atoms with Crippen LogP contribution < -0.4 is 9.80 Å². The first kappa shape index (κ1) is 27.6. The van der Waals surface area contributed by atoms with Crippen molar-refractivity contribution in [2.45, 2.75) is 90.9 Å². The van der Waals surface area contributed by atoms with Crippen molar-refractivity contribution in [3.63, 3.8) is 0 Å². The quantitative estimate of drug-likeness (QED) is 0.267. The van der Waals surface area contributed by atoms with Gasteiger partial charge in [-0.2, -0.15) is 24.4 Å². The van der Waals surface area contributed by atoms with E-state index in [0.29, 0.717) is 0 Å². The van der Waals surface area contributed by atoms with Crippen LogP contribution in [-0.4, -0.2) is 18.6 Å². The van der Waals surface area contributed by atoms with E-state index in [4.69, 9.17) is 0 Å². The van der Waals surface area contributed by atoms with Crippen molar-refractivity contribution in [1.82, 2.24) is 0 Å². The Morgan fingerprint density at radius 3 is 2.11 bits per heavy atom. The van der Waals surface area contributed by atoms with Crippen LogP contribution in [-0.2, 0) is 45.9 Å². The van der Waals surface area contributed by atoms with Crippen LogP contribution in [0.3, 0.4) is 0 Å². The maximum Gasteiger partial charge on any atom is 0.137 e. The van der Waals surface area contributed by atoms with E-state index in [1.54, 1.807) is 0 Å². The molecular formula is C30H38IrN2O2-2. The number of anilines is 3. The van der Waals surface area contributed by atoms with Gasteiger partial charge in [-0.1, -0.05) is 71.2 Å². The van der Waals surface area contributed by atoms with Gasteiger partial charge in [0, 0.05) is 31.5 Å². The third-order valence-electron chi connectivity index (χ3n) is 7.85.